The molecule has 0 radical (unpaired) electrons. The minimum atomic E-state index is -1.39. The normalized spacial score (nSPS) is 24.4. The summed E-state index contributed by atoms with van der Waals surface area (Å²) in [6, 6.07) is 26.1. The van der Waals surface area contributed by atoms with Crippen molar-refractivity contribution in [3.63, 3.8) is 0 Å². The molecule has 1 heterocycles. The Labute approximate surface area is 377 Å². The maximum Gasteiger partial charge on any atom is 0.239 e. The molecule has 0 bridgehead atoms. The predicted octanol–water partition coefficient (Wildman–Crippen LogP) is 11.4. The zero-order valence-electron chi connectivity index (χ0n) is 37.3. The van der Waals surface area contributed by atoms with Crippen LogP contribution in [0.4, 0.5) is 4.39 Å². The van der Waals surface area contributed by atoms with Gasteiger partial charge in [-0.15, -0.1) is 6.58 Å². The zero-order valence-corrected chi connectivity index (χ0v) is 37.3. The summed E-state index contributed by atoms with van der Waals surface area (Å²) in [5.74, 6) is 0.363. The molecule has 0 unspecified atom stereocenters. The summed E-state index contributed by atoms with van der Waals surface area (Å²) in [5, 5.41) is 27.1. The first-order valence-electron chi connectivity index (χ1n) is 23.8. The highest BCUT2D eigenvalue weighted by atomic mass is 19.1. The van der Waals surface area contributed by atoms with E-state index in [0.717, 1.165) is 83.9 Å². The van der Waals surface area contributed by atoms with Gasteiger partial charge in [-0.1, -0.05) is 98.3 Å². The first-order valence-corrected chi connectivity index (χ1v) is 23.8. The maximum absolute atomic E-state index is 15.1. The monoisotopic (exact) mass is 872 g/mol. The summed E-state index contributed by atoms with van der Waals surface area (Å²) >= 11 is 0. The molecule has 1 aliphatic heterocycles. The molecule has 4 aliphatic rings. The fraction of sp³-hybridized carbons (Fsp3) is 0.481. The lowest BCUT2D eigenvalue weighted by Crippen LogP contribution is -2.70. The molecule has 2 saturated carbocycles. The molecule has 0 spiro atoms. The van der Waals surface area contributed by atoms with Gasteiger partial charge in [0.25, 0.3) is 0 Å². The number of hydrogen-bond donors (Lipinski definition) is 2. The van der Waals surface area contributed by atoms with Gasteiger partial charge in [-0.05, 0) is 121 Å². The summed E-state index contributed by atoms with van der Waals surface area (Å²) in [6.07, 6.45) is 14.9. The average Bonchev–Trinajstić information content (AvgIpc) is 3.84. The lowest BCUT2D eigenvalue weighted by molar-refractivity contribution is -0.258. The Morgan fingerprint density at radius 1 is 0.922 bits per heavy atom. The number of aliphatic hydroxyl groups excluding tert-OH is 2. The molecule has 2 fully saturated rings. The van der Waals surface area contributed by atoms with E-state index in [4.69, 9.17) is 24.2 Å². The number of unbranched alkanes of at least 4 members (excludes halogenated alkanes) is 2. The van der Waals surface area contributed by atoms with E-state index in [2.05, 4.69) is 43.0 Å². The second kappa shape index (κ2) is 21.3. The number of aliphatic hydroxyl groups is 2. The van der Waals surface area contributed by atoms with Crippen molar-refractivity contribution in [2.45, 2.75) is 115 Å². The molecule has 64 heavy (non-hydrogen) atoms. The highest BCUT2D eigenvalue weighted by molar-refractivity contribution is 6.03. The van der Waals surface area contributed by atoms with Crippen LogP contribution in [0.25, 0.3) is 10.8 Å². The van der Waals surface area contributed by atoms with Crippen molar-refractivity contribution >= 4 is 22.4 Å². The summed E-state index contributed by atoms with van der Waals surface area (Å²) in [6.45, 7) is 6.97. The third-order valence-electron chi connectivity index (χ3n) is 14.1. The molecule has 2 N–H and O–H groups in total. The van der Waals surface area contributed by atoms with Crippen molar-refractivity contribution in [1.82, 2.24) is 4.90 Å². The Balaban J connectivity index is 1.30. The number of nitrogens with zero attached hydrogens (tertiary/aromatic N) is 2. The number of hydrogen-bond acceptors (Lipinski definition) is 8. The molecular weight excluding hydrogens is 808 g/mol. The van der Waals surface area contributed by atoms with E-state index in [9.17, 15) is 14.6 Å². The quantitative estimate of drug-likeness (QED) is 0.0487. The smallest absolute Gasteiger partial charge is 0.239 e. The minimum Gasteiger partial charge on any atom is -0.459 e. The fourth-order valence-electron chi connectivity index (χ4n) is 11.2. The molecule has 4 aromatic rings. The van der Waals surface area contributed by atoms with Crippen LogP contribution in [0.5, 0.6) is 17.2 Å². The minimum absolute atomic E-state index is 0.00624. The van der Waals surface area contributed by atoms with E-state index >= 15 is 4.79 Å². The van der Waals surface area contributed by atoms with E-state index in [0.29, 0.717) is 49.7 Å². The summed E-state index contributed by atoms with van der Waals surface area (Å²) < 4.78 is 35.7. The summed E-state index contributed by atoms with van der Waals surface area (Å²) in [7, 11) is 0. The number of fused-ring (bicyclic) bond motifs is 3. The fourth-order valence-corrected chi connectivity index (χ4v) is 11.2. The van der Waals surface area contributed by atoms with E-state index in [1.807, 2.05) is 42.2 Å². The van der Waals surface area contributed by atoms with Crippen LogP contribution in [-0.4, -0.2) is 65.0 Å². The molecule has 340 valence electrons. The van der Waals surface area contributed by atoms with Crippen LogP contribution in [0.15, 0.2) is 114 Å². The molecular formula is C54H65FN2O7. The number of halogens is 1. The van der Waals surface area contributed by atoms with Crippen LogP contribution in [0.2, 0.25) is 0 Å². The van der Waals surface area contributed by atoms with Crippen LogP contribution >= 0.6 is 0 Å². The lowest BCUT2D eigenvalue weighted by atomic mass is 9.55. The topological polar surface area (TPSA) is 110 Å². The van der Waals surface area contributed by atoms with Crippen LogP contribution < -0.4 is 9.47 Å². The number of ether oxygens (including phenoxy) is 3. The van der Waals surface area contributed by atoms with Gasteiger partial charge in [0.1, 0.15) is 35.7 Å². The molecule has 4 aromatic carbocycles. The predicted molar refractivity (Wildman–Crippen MR) is 249 cm³/mol. The number of rotatable bonds is 21. The number of carbonyl (C=O) groups excluding carboxylic acids is 1. The van der Waals surface area contributed by atoms with Gasteiger partial charge >= 0.3 is 0 Å². The molecule has 3 aliphatic carbocycles. The highest BCUT2D eigenvalue weighted by Gasteiger charge is 2.65. The Hall–Kier alpha value is -5.03. The second-order valence-corrected chi connectivity index (χ2v) is 18.1. The number of carbonyl (C=O) groups is 1. The van der Waals surface area contributed by atoms with Crippen molar-refractivity contribution in [2.24, 2.45) is 28.8 Å². The van der Waals surface area contributed by atoms with Crippen LogP contribution in [0, 0.1) is 29.5 Å². The molecule has 9 nitrogen and oxygen atoms in total. The maximum atomic E-state index is 15.1. The SMILES string of the molecule is C=CCO[C@@]12Oc3ccc(Oc4ccc5ccccc5c4)cc3[C@H]3[C@H](CCCCO)[C@@H](CCCCO)C=C(C(=NOCC)C[C@@H]1N(Cc1ccc(F)cc1)C(=O)CCC1CCCC1)[C@H]32. The van der Waals surface area contributed by atoms with Crippen molar-refractivity contribution in [2.75, 3.05) is 26.4 Å². The molecule has 0 aromatic heterocycles. The largest absolute Gasteiger partial charge is 0.459 e. The first kappa shape index (κ1) is 45.5. The molecule has 8 rings (SSSR count). The first-order chi connectivity index (χ1) is 31.3. The van der Waals surface area contributed by atoms with Crippen molar-refractivity contribution in [1.29, 1.82) is 0 Å². The molecule has 6 atom stereocenters. The van der Waals surface area contributed by atoms with E-state index in [1.54, 1.807) is 18.2 Å². The molecule has 0 saturated heterocycles. The standard InChI is InChI=1S/C54H65FN2O7/c1-3-31-61-54-50(57(36-38-19-23-42(55)24-20-38)51(60)28-21-37-13-5-6-14-37)35-48(56-62-4-2)46-33-41(17-9-11-29-58)45(18-10-12-30-59)52(53(46)54)47-34-44(26-27-49(47)64-54)63-43-25-22-39-15-7-8-16-40(39)32-43/h3,7-8,15-16,19-20,22-27,32-34,37,41,45,50,52-53,58-59H,1,4-6,9-14,17-18,21,28-31,35-36H2,2H3/t41-,45+,50-,52+,53+,54+/m0/s1. The Morgan fingerprint density at radius 2 is 1.66 bits per heavy atom. The van der Waals surface area contributed by atoms with Gasteiger partial charge < -0.3 is 34.2 Å². The van der Waals surface area contributed by atoms with Gasteiger partial charge in [0.05, 0.1) is 18.2 Å². The zero-order chi connectivity index (χ0) is 44.5. The van der Waals surface area contributed by atoms with Crippen molar-refractivity contribution in [3.8, 4) is 17.2 Å². The van der Waals surface area contributed by atoms with Crippen molar-refractivity contribution in [3.05, 3.63) is 126 Å². The van der Waals surface area contributed by atoms with Gasteiger partial charge in [-0.3, -0.25) is 4.79 Å². The highest BCUT2D eigenvalue weighted by Crippen LogP contribution is 2.62. The van der Waals surface area contributed by atoms with E-state index < -0.39 is 17.7 Å². The van der Waals surface area contributed by atoms with Gasteiger partial charge in [-0.2, -0.15) is 0 Å². The number of oxime groups is 1. The molecule has 10 heteroatoms. The lowest BCUT2D eigenvalue weighted by Gasteiger charge is -2.60. The van der Waals surface area contributed by atoms with E-state index in [-0.39, 0.29) is 55.8 Å². The van der Waals surface area contributed by atoms with Crippen LogP contribution in [0.3, 0.4) is 0 Å². The van der Waals surface area contributed by atoms with E-state index in [1.165, 1.54) is 25.0 Å². The summed E-state index contributed by atoms with van der Waals surface area (Å²) in [5.41, 5.74) is 3.53. The van der Waals surface area contributed by atoms with Gasteiger partial charge in [0.15, 0.2) is 0 Å². The Bertz CT molecular complexity index is 2270. The van der Waals surface area contributed by atoms with Gasteiger partial charge in [0, 0.05) is 44.1 Å². The van der Waals surface area contributed by atoms with Crippen LogP contribution in [0.1, 0.15) is 107 Å². The molecule has 1 amide bonds. The third-order valence-corrected chi connectivity index (χ3v) is 14.1. The van der Waals surface area contributed by atoms with Gasteiger partial charge in [0.2, 0.25) is 11.7 Å². The van der Waals surface area contributed by atoms with Crippen LogP contribution in [-0.2, 0) is 20.9 Å². The Kier molecular flexibility index (Phi) is 15.2. The number of benzene rings is 4. The van der Waals surface area contributed by atoms with Gasteiger partial charge in [-0.25, -0.2) is 4.39 Å². The van der Waals surface area contributed by atoms with Crippen molar-refractivity contribution < 1.29 is 38.4 Å². The summed E-state index contributed by atoms with van der Waals surface area (Å²) in [4.78, 5) is 23.0. The number of amides is 1. The average molecular weight is 873 g/mol. The number of allylic oxidation sites excluding steroid dienone is 1. The second-order valence-electron chi connectivity index (χ2n) is 18.1. The Morgan fingerprint density at radius 3 is 2.41 bits per heavy atom. The third kappa shape index (κ3) is 9.94.